The van der Waals surface area contributed by atoms with Gasteiger partial charge in [-0.3, -0.25) is 0 Å². The minimum absolute atomic E-state index is 0.438. The van der Waals surface area contributed by atoms with Crippen molar-refractivity contribution in [3.05, 3.63) is 34.3 Å². The van der Waals surface area contributed by atoms with Gasteiger partial charge in [0.05, 0.1) is 6.61 Å². The van der Waals surface area contributed by atoms with Crippen molar-refractivity contribution in [2.75, 3.05) is 20.3 Å². The molecule has 1 aromatic rings. The normalized spacial score (nSPS) is 12.7. The summed E-state index contributed by atoms with van der Waals surface area (Å²) in [7, 11) is 1.74. The molecular formula is C13H20BrNO. The predicted octanol–water partition coefficient (Wildman–Crippen LogP) is 3.01. The molecule has 16 heavy (non-hydrogen) atoms. The summed E-state index contributed by atoms with van der Waals surface area (Å²) < 4.78 is 6.22. The number of hydrogen-bond donors (Lipinski definition) is 1. The van der Waals surface area contributed by atoms with Gasteiger partial charge < -0.3 is 10.1 Å². The van der Waals surface area contributed by atoms with E-state index >= 15 is 0 Å². The summed E-state index contributed by atoms with van der Waals surface area (Å²) in [4.78, 5) is 0. The lowest BCUT2D eigenvalue weighted by Gasteiger charge is -2.12. The van der Waals surface area contributed by atoms with Gasteiger partial charge >= 0.3 is 0 Å². The van der Waals surface area contributed by atoms with E-state index in [4.69, 9.17) is 4.74 Å². The molecule has 1 aromatic carbocycles. The molecule has 0 aliphatic heterocycles. The predicted molar refractivity (Wildman–Crippen MR) is 71.8 cm³/mol. The van der Waals surface area contributed by atoms with Crippen molar-refractivity contribution >= 4 is 15.9 Å². The van der Waals surface area contributed by atoms with Crippen LogP contribution < -0.4 is 5.32 Å². The van der Waals surface area contributed by atoms with Crippen LogP contribution in [0.3, 0.4) is 0 Å². The molecule has 3 heteroatoms. The Labute approximate surface area is 107 Å². The van der Waals surface area contributed by atoms with E-state index in [2.05, 4.69) is 52.4 Å². The average molecular weight is 286 g/mol. The first-order valence-corrected chi connectivity index (χ1v) is 6.48. The molecule has 0 aliphatic rings. The van der Waals surface area contributed by atoms with Gasteiger partial charge in [-0.2, -0.15) is 0 Å². The Morgan fingerprint density at radius 2 is 2.25 bits per heavy atom. The minimum Gasteiger partial charge on any atom is -0.383 e. The molecule has 1 N–H and O–H groups in total. The Balaban J connectivity index is 2.16. The van der Waals surface area contributed by atoms with E-state index < -0.39 is 0 Å². The molecule has 0 amide bonds. The summed E-state index contributed by atoms with van der Waals surface area (Å²) in [5, 5.41) is 3.43. The van der Waals surface area contributed by atoms with Gasteiger partial charge in [0.15, 0.2) is 0 Å². The van der Waals surface area contributed by atoms with Crippen LogP contribution in [0.25, 0.3) is 0 Å². The first-order chi connectivity index (χ1) is 7.72. The highest BCUT2D eigenvalue weighted by atomic mass is 79.9. The van der Waals surface area contributed by atoms with Crippen LogP contribution in [0.5, 0.6) is 0 Å². The Kier molecular flexibility index (Phi) is 6.69. The fourth-order valence-corrected chi connectivity index (χ4v) is 2.09. The fourth-order valence-electron chi connectivity index (χ4n) is 1.64. The monoisotopic (exact) mass is 285 g/mol. The standard InChI is InChI=1S/C13H20BrNO/c1-11(10-16-2)15-8-4-6-12-5-3-7-13(14)9-12/h3,5,7,9,11,15H,4,6,8,10H2,1-2H3. The molecule has 0 aromatic heterocycles. The van der Waals surface area contributed by atoms with Crippen molar-refractivity contribution in [3.63, 3.8) is 0 Å². The molecule has 0 saturated carbocycles. The van der Waals surface area contributed by atoms with Gasteiger partial charge in [0.25, 0.3) is 0 Å². The quantitative estimate of drug-likeness (QED) is 0.778. The summed E-state index contributed by atoms with van der Waals surface area (Å²) >= 11 is 3.48. The van der Waals surface area contributed by atoms with Gasteiger partial charge in [-0.25, -0.2) is 0 Å². The van der Waals surface area contributed by atoms with Gasteiger partial charge in [-0.1, -0.05) is 28.1 Å². The molecule has 0 spiro atoms. The van der Waals surface area contributed by atoms with Crippen molar-refractivity contribution in [2.24, 2.45) is 0 Å². The average Bonchev–Trinajstić information content (AvgIpc) is 2.25. The number of rotatable bonds is 7. The lowest BCUT2D eigenvalue weighted by molar-refractivity contribution is 0.172. The van der Waals surface area contributed by atoms with Gasteiger partial charge in [0, 0.05) is 17.6 Å². The molecule has 1 rings (SSSR count). The van der Waals surface area contributed by atoms with Gasteiger partial charge in [-0.05, 0) is 44.0 Å². The maximum atomic E-state index is 5.07. The van der Waals surface area contributed by atoms with Crippen molar-refractivity contribution in [3.8, 4) is 0 Å². The number of ether oxygens (including phenoxy) is 1. The Bertz CT molecular complexity index is 304. The number of halogens is 1. The second kappa shape index (κ2) is 7.82. The third-order valence-corrected chi connectivity index (χ3v) is 2.93. The summed E-state index contributed by atoms with van der Waals surface area (Å²) in [5.74, 6) is 0. The van der Waals surface area contributed by atoms with Crippen LogP contribution in [0.4, 0.5) is 0 Å². The topological polar surface area (TPSA) is 21.3 Å². The largest absolute Gasteiger partial charge is 0.383 e. The minimum atomic E-state index is 0.438. The highest BCUT2D eigenvalue weighted by Crippen LogP contribution is 2.12. The smallest absolute Gasteiger partial charge is 0.0613 e. The first kappa shape index (κ1) is 13.7. The molecule has 0 bridgehead atoms. The van der Waals surface area contributed by atoms with Gasteiger partial charge in [0.2, 0.25) is 0 Å². The Hall–Kier alpha value is -0.380. The number of hydrogen-bond acceptors (Lipinski definition) is 2. The second-order valence-corrected chi connectivity index (χ2v) is 4.96. The van der Waals surface area contributed by atoms with E-state index in [9.17, 15) is 0 Å². The number of benzene rings is 1. The van der Waals surface area contributed by atoms with Crippen molar-refractivity contribution < 1.29 is 4.74 Å². The zero-order valence-electron chi connectivity index (χ0n) is 10.0. The maximum Gasteiger partial charge on any atom is 0.0613 e. The molecule has 2 nitrogen and oxygen atoms in total. The van der Waals surface area contributed by atoms with Gasteiger partial charge in [-0.15, -0.1) is 0 Å². The number of aryl methyl sites for hydroxylation is 1. The zero-order chi connectivity index (χ0) is 11.8. The van der Waals surface area contributed by atoms with E-state index in [0.717, 1.165) is 30.5 Å². The van der Waals surface area contributed by atoms with E-state index in [0.29, 0.717) is 6.04 Å². The molecular weight excluding hydrogens is 266 g/mol. The van der Waals surface area contributed by atoms with E-state index in [-0.39, 0.29) is 0 Å². The molecule has 1 unspecified atom stereocenters. The van der Waals surface area contributed by atoms with E-state index in [1.807, 2.05) is 0 Å². The van der Waals surface area contributed by atoms with Crippen LogP contribution in [-0.2, 0) is 11.2 Å². The molecule has 0 heterocycles. The third-order valence-electron chi connectivity index (χ3n) is 2.44. The molecule has 1 atom stereocenters. The van der Waals surface area contributed by atoms with E-state index in [1.165, 1.54) is 5.56 Å². The Morgan fingerprint density at radius 1 is 1.44 bits per heavy atom. The fraction of sp³-hybridized carbons (Fsp3) is 0.538. The summed E-state index contributed by atoms with van der Waals surface area (Å²) in [6.45, 7) is 3.95. The highest BCUT2D eigenvalue weighted by molar-refractivity contribution is 9.10. The number of methoxy groups -OCH3 is 1. The van der Waals surface area contributed by atoms with Crippen LogP contribution in [0.2, 0.25) is 0 Å². The van der Waals surface area contributed by atoms with Crippen LogP contribution in [-0.4, -0.2) is 26.3 Å². The van der Waals surface area contributed by atoms with E-state index in [1.54, 1.807) is 7.11 Å². The highest BCUT2D eigenvalue weighted by Gasteiger charge is 1.99. The van der Waals surface area contributed by atoms with Crippen molar-refractivity contribution in [1.29, 1.82) is 0 Å². The zero-order valence-corrected chi connectivity index (χ0v) is 11.6. The van der Waals surface area contributed by atoms with Crippen LogP contribution in [0.15, 0.2) is 28.7 Å². The molecule has 0 saturated heterocycles. The SMILES string of the molecule is COCC(C)NCCCc1cccc(Br)c1. The lowest BCUT2D eigenvalue weighted by atomic mass is 10.1. The van der Waals surface area contributed by atoms with Crippen LogP contribution in [0.1, 0.15) is 18.9 Å². The first-order valence-electron chi connectivity index (χ1n) is 5.69. The summed E-state index contributed by atoms with van der Waals surface area (Å²) in [6, 6.07) is 8.93. The molecule has 0 radical (unpaired) electrons. The molecule has 0 aliphatic carbocycles. The van der Waals surface area contributed by atoms with Crippen molar-refractivity contribution in [2.45, 2.75) is 25.8 Å². The molecule has 0 fully saturated rings. The summed E-state index contributed by atoms with van der Waals surface area (Å²) in [6.07, 6.45) is 2.27. The maximum absolute atomic E-state index is 5.07. The lowest BCUT2D eigenvalue weighted by Crippen LogP contribution is -2.31. The number of nitrogens with one attached hydrogen (secondary N) is 1. The Morgan fingerprint density at radius 3 is 2.94 bits per heavy atom. The molecule has 90 valence electrons. The summed E-state index contributed by atoms with van der Waals surface area (Å²) in [5.41, 5.74) is 1.38. The van der Waals surface area contributed by atoms with Gasteiger partial charge in [0.1, 0.15) is 0 Å². The van der Waals surface area contributed by atoms with Crippen LogP contribution >= 0.6 is 15.9 Å². The van der Waals surface area contributed by atoms with Crippen LogP contribution in [0, 0.1) is 0 Å². The second-order valence-electron chi connectivity index (χ2n) is 4.04. The third kappa shape index (κ3) is 5.64. The van der Waals surface area contributed by atoms with Crippen molar-refractivity contribution in [1.82, 2.24) is 5.32 Å².